The quantitative estimate of drug-likeness (QED) is 0.473. The Morgan fingerprint density at radius 3 is 2.52 bits per heavy atom. The number of aliphatic hydroxyl groups excluding tert-OH is 1. The predicted molar refractivity (Wildman–Crippen MR) is 126 cm³/mol. The van der Waals surface area contributed by atoms with E-state index in [4.69, 9.17) is 0 Å². The first kappa shape index (κ1) is 22.6. The van der Waals surface area contributed by atoms with E-state index in [1.807, 2.05) is 0 Å². The molecule has 2 unspecified atom stereocenters. The van der Waals surface area contributed by atoms with Crippen LogP contribution in [0.1, 0.15) is 86.0 Å². The van der Waals surface area contributed by atoms with Gasteiger partial charge in [-0.25, -0.2) is 0 Å². The van der Waals surface area contributed by atoms with Gasteiger partial charge in [0.2, 0.25) is 0 Å². The first-order valence-electron chi connectivity index (χ1n) is 12.2. The van der Waals surface area contributed by atoms with Crippen LogP contribution >= 0.6 is 0 Å². The molecule has 0 radical (unpaired) electrons. The number of hydrogen-bond acceptors (Lipinski definition) is 1. The van der Waals surface area contributed by atoms with Crippen LogP contribution in [0.2, 0.25) is 0 Å². The second kappa shape index (κ2) is 9.38. The minimum Gasteiger partial charge on any atom is -0.393 e. The molecule has 3 aliphatic rings. The van der Waals surface area contributed by atoms with Crippen molar-refractivity contribution in [2.24, 2.45) is 35.0 Å². The zero-order valence-corrected chi connectivity index (χ0v) is 19.6. The van der Waals surface area contributed by atoms with Crippen molar-refractivity contribution < 1.29 is 5.11 Å². The van der Waals surface area contributed by atoms with Gasteiger partial charge in [-0.2, -0.15) is 0 Å². The molecular weight excluding hydrogens is 352 g/mol. The average molecular weight is 397 g/mol. The maximum atomic E-state index is 10.0. The maximum Gasteiger partial charge on any atom is 0.0583 e. The van der Waals surface area contributed by atoms with E-state index in [0.29, 0.717) is 17.3 Å². The summed E-state index contributed by atoms with van der Waals surface area (Å²) in [6.45, 7) is 16.3. The molecule has 0 heterocycles. The molecule has 3 saturated carbocycles. The topological polar surface area (TPSA) is 20.2 Å². The summed E-state index contributed by atoms with van der Waals surface area (Å²) in [7, 11) is 0. The summed E-state index contributed by atoms with van der Waals surface area (Å²) in [4.78, 5) is 0. The summed E-state index contributed by atoms with van der Waals surface area (Å²) in [5.41, 5.74) is 4.61. The monoisotopic (exact) mass is 396 g/mol. The molecule has 162 valence electrons. The summed E-state index contributed by atoms with van der Waals surface area (Å²) in [6.07, 6.45) is 18.8. The van der Waals surface area contributed by atoms with E-state index in [2.05, 4.69) is 65.5 Å². The van der Waals surface area contributed by atoms with E-state index < -0.39 is 0 Å². The highest BCUT2D eigenvalue weighted by Crippen LogP contribution is 2.59. The highest BCUT2D eigenvalue weighted by atomic mass is 16.3. The lowest BCUT2D eigenvalue weighted by Crippen LogP contribution is -2.35. The molecule has 0 saturated heterocycles. The first-order chi connectivity index (χ1) is 13.7. The normalized spacial score (nSPS) is 38.2. The van der Waals surface area contributed by atoms with Gasteiger partial charge in [-0.15, -0.1) is 0 Å². The van der Waals surface area contributed by atoms with Crippen LogP contribution in [0.15, 0.2) is 47.6 Å². The third-order valence-electron chi connectivity index (χ3n) is 8.63. The smallest absolute Gasteiger partial charge is 0.0583 e. The molecule has 0 aliphatic heterocycles. The van der Waals surface area contributed by atoms with Crippen LogP contribution in [0.4, 0.5) is 0 Å². The molecule has 1 N–H and O–H groups in total. The van der Waals surface area contributed by atoms with Crippen molar-refractivity contribution in [2.75, 3.05) is 0 Å². The van der Waals surface area contributed by atoms with E-state index in [1.165, 1.54) is 43.3 Å². The lowest BCUT2D eigenvalue weighted by molar-refractivity contribution is 0.112. The molecule has 1 heteroatoms. The molecule has 0 spiro atoms. The van der Waals surface area contributed by atoms with Gasteiger partial charge in [-0.1, -0.05) is 76.6 Å². The average Bonchev–Trinajstić information content (AvgIpc) is 3.04. The Labute approximate surface area is 180 Å². The predicted octanol–water partition coefficient (Wildman–Crippen LogP) is 7.64. The van der Waals surface area contributed by atoms with E-state index >= 15 is 0 Å². The molecule has 1 nitrogen and oxygen atoms in total. The molecule has 0 aromatic rings. The van der Waals surface area contributed by atoms with Gasteiger partial charge in [0.25, 0.3) is 0 Å². The number of rotatable bonds is 5. The van der Waals surface area contributed by atoms with E-state index in [-0.39, 0.29) is 6.10 Å². The zero-order chi connectivity index (χ0) is 21.2. The lowest BCUT2D eigenvalue weighted by atomic mass is 9.61. The third-order valence-corrected chi connectivity index (χ3v) is 8.63. The SMILES string of the molecule is C=C1CC[C@H](O)C/C1=C/C=C1\CCC[C@@]2(C)C1CC[C@@H]2C(C)/C=C/[C@@H](C)C(C)C. The van der Waals surface area contributed by atoms with Crippen molar-refractivity contribution in [2.45, 2.75) is 92.1 Å². The molecule has 29 heavy (non-hydrogen) atoms. The van der Waals surface area contributed by atoms with Gasteiger partial charge < -0.3 is 5.11 Å². The highest BCUT2D eigenvalue weighted by Gasteiger charge is 2.50. The van der Waals surface area contributed by atoms with Crippen LogP contribution < -0.4 is 0 Å². The molecular formula is C28H44O. The van der Waals surface area contributed by atoms with E-state index in [1.54, 1.807) is 5.57 Å². The van der Waals surface area contributed by atoms with Crippen molar-refractivity contribution in [3.05, 3.63) is 47.6 Å². The Bertz CT molecular complexity index is 678. The Morgan fingerprint density at radius 1 is 1.03 bits per heavy atom. The molecule has 0 aromatic heterocycles. The Balaban J connectivity index is 1.75. The van der Waals surface area contributed by atoms with Crippen LogP contribution in [0.3, 0.4) is 0 Å². The molecule has 0 bridgehead atoms. The van der Waals surface area contributed by atoms with Crippen LogP contribution in [0.25, 0.3) is 0 Å². The number of hydrogen-bond donors (Lipinski definition) is 1. The lowest BCUT2D eigenvalue weighted by Gasteiger charge is -2.44. The zero-order valence-electron chi connectivity index (χ0n) is 19.6. The maximum absolute atomic E-state index is 10.0. The van der Waals surface area contributed by atoms with Crippen LogP contribution in [0, 0.1) is 35.0 Å². The van der Waals surface area contributed by atoms with E-state index in [0.717, 1.165) is 37.0 Å². The molecule has 0 amide bonds. The fourth-order valence-corrected chi connectivity index (χ4v) is 6.25. The third kappa shape index (κ3) is 4.98. The standard InChI is InChI=1S/C28H44O/c1-19(2)20(3)9-10-22(5)26-15-16-27-23(8-7-17-28(26,27)6)12-13-24-18-25(29)14-11-21(24)4/h9-10,12-13,19-20,22,25-27,29H,4,7-8,11,14-18H2,1-3,5-6H3/b10-9+,23-12+,24-13-/t20-,22?,25+,26-,27?,28-/m1/s1. The molecule has 6 atom stereocenters. The number of aliphatic hydroxyl groups is 1. The van der Waals surface area contributed by atoms with Crippen LogP contribution in [0.5, 0.6) is 0 Å². The Kier molecular flexibility index (Phi) is 7.31. The second-order valence-electron chi connectivity index (χ2n) is 10.9. The summed E-state index contributed by atoms with van der Waals surface area (Å²) in [5.74, 6) is 3.58. The van der Waals surface area contributed by atoms with Crippen molar-refractivity contribution in [3.8, 4) is 0 Å². The first-order valence-corrected chi connectivity index (χ1v) is 12.2. The Morgan fingerprint density at radius 2 is 1.79 bits per heavy atom. The molecule has 3 rings (SSSR count). The molecule has 3 aliphatic carbocycles. The number of fused-ring (bicyclic) bond motifs is 1. The van der Waals surface area contributed by atoms with Gasteiger partial charge in [0.15, 0.2) is 0 Å². The van der Waals surface area contributed by atoms with Gasteiger partial charge >= 0.3 is 0 Å². The fraction of sp³-hybridized carbons (Fsp3) is 0.714. The largest absolute Gasteiger partial charge is 0.393 e. The van der Waals surface area contributed by atoms with Crippen LogP contribution in [-0.2, 0) is 0 Å². The van der Waals surface area contributed by atoms with Gasteiger partial charge in [-0.05, 0) is 91.9 Å². The van der Waals surface area contributed by atoms with Crippen molar-refractivity contribution in [1.82, 2.24) is 0 Å². The van der Waals surface area contributed by atoms with Crippen molar-refractivity contribution in [1.29, 1.82) is 0 Å². The minimum absolute atomic E-state index is 0.182. The summed E-state index contributed by atoms with van der Waals surface area (Å²) in [6, 6.07) is 0. The Hall–Kier alpha value is -1.08. The van der Waals surface area contributed by atoms with Gasteiger partial charge in [0.1, 0.15) is 0 Å². The van der Waals surface area contributed by atoms with Gasteiger partial charge in [0.05, 0.1) is 6.10 Å². The van der Waals surface area contributed by atoms with Crippen molar-refractivity contribution >= 4 is 0 Å². The molecule has 3 fully saturated rings. The summed E-state index contributed by atoms with van der Waals surface area (Å²) < 4.78 is 0. The van der Waals surface area contributed by atoms with E-state index in [9.17, 15) is 5.11 Å². The molecule has 0 aromatic carbocycles. The van der Waals surface area contributed by atoms with Crippen LogP contribution in [-0.4, -0.2) is 11.2 Å². The number of allylic oxidation sites excluding steroid dienone is 6. The fourth-order valence-electron chi connectivity index (χ4n) is 6.25. The van der Waals surface area contributed by atoms with Gasteiger partial charge in [-0.3, -0.25) is 0 Å². The van der Waals surface area contributed by atoms with Crippen molar-refractivity contribution in [3.63, 3.8) is 0 Å². The summed E-state index contributed by atoms with van der Waals surface area (Å²) >= 11 is 0. The highest BCUT2D eigenvalue weighted by molar-refractivity contribution is 5.36. The minimum atomic E-state index is -0.182. The summed E-state index contributed by atoms with van der Waals surface area (Å²) in [5, 5.41) is 10.0. The van der Waals surface area contributed by atoms with Gasteiger partial charge in [0, 0.05) is 0 Å². The second-order valence-corrected chi connectivity index (χ2v) is 10.9.